The summed E-state index contributed by atoms with van der Waals surface area (Å²) in [6.07, 6.45) is 3.70. The fraction of sp³-hybridized carbons (Fsp3) is 0.318. The van der Waals surface area contributed by atoms with Gasteiger partial charge in [0.2, 0.25) is 5.91 Å². The number of nitrogens with one attached hydrogen (secondary N) is 1. The largest absolute Gasteiger partial charge is 0.493 e. The van der Waals surface area contributed by atoms with Gasteiger partial charge in [-0.2, -0.15) is 0 Å². The predicted molar refractivity (Wildman–Crippen MR) is 103 cm³/mol. The van der Waals surface area contributed by atoms with Gasteiger partial charge in [0.1, 0.15) is 0 Å². The second-order valence-electron chi connectivity index (χ2n) is 6.80. The highest BCUT2D eigenvalue weighted by Gasteiger charge is 2.36. The smallest absolute Gasteiger partial charge is 0.227 e. The van der Waals surface area contributed by atoms with Crippen molar-refractivity contribution in [2.24, 2.45) is 11.8 Å². The van der Waals surface area contributed by atoms with Crippen LogP contribution in [-0.4, -0.2) is 23.8 Å². The van der Waals surface area contributed by atoms with Gasteiger partial charge in [0, 0.05) is 12.6 Å². The molecule has 3 rings (SSSR count). The molecule has 1 aliphatic rings. The fourth-order valence-corrected chi connectivity index (χ4v) is 3.56. The molecule has 0 aliphatic heterocycles. The summed E-state index contributed by atoms with van der Waals surface area (Å²) in [5, 5.41) is 2.95. The van der Waals surface area contributed by atoms with Gasteiger partial charge in [0.25, 0.3) is 0 Å². The number of aromatic nitrogens is 1. The minimum absolute atomic E-state index is 0.0480. The average Bonchev–Trinajstić information content (AvgIpc) is 2.84. The molecule has 0 fully saturated rings. The van der Waals surface area contributed by atoms with Gasteiger partial charge >= 0.3 is 0 Å². The first-order valence-corrected chi connectivity index (χ1v) is 9.11. The number of hydrogen-bond donors (Lipinski definition) is 1. The number of hydrogen-bond acceptors (Lipinski definition) is 4. The number of amides is 1. The second-order valence-corrected chi connectivity index (χ2v) is 6.80. The summed E-state index contributed by atoms with van der Waals surface area (Å²) in [7, 11) is 1.47. The zero-order valence-electron chi connectivity index (χ0n) is 15.6. The Morgan fingerprint density at radius 1 is 1.19 bits per heavy atom. The van der Waals surface area contributed by atoms with Crippen LogP contribution >= 0.6 is 0 Å². The van der Waals surface area contributed by atoms with Gasteiger partial charge in [-0.3, -0.25) is 14.6 Å². The van der Waals surface area contributed by atoms with E-state index in [0.717, 1.165) is 11.3 Å². The topological polar surface area (TPSA) is 68.3 Å². The molecule has 5 heteroatoms. The van der Waals surface area contributed by atoms with Crippen LogP contribution in [0.4, 0.5) is 0 Å². The first-order valence-electron chi connectivity index (χ1n) is 9.11. The van der Waals surface area contributed by atoms with Gasteiger partial charge in [0.15, 0.2) is 11.5 Å². The van der Waals surface area contributed by atoms with E-state index >= 15 is 0 Å². The number of rotatable bonds is 5. The third-order valence-corrected chi connectivity index (χ3v) is 5.13. The lowest BCUT2D eigenvalue weighted by molar-refractivity contribution is -0.125. The van der Waals surface area contributed by atoms with Crippen LogP contribution in [0.25, 0.3) is 0 Å². The van der Waals surface area contributed by atoms with E-state index in [2.05, 4.69) is 10.3 Å². The molecule has 3 atom stereocenters. The molecule has 1 N–H and O–H groups in total. The van der Waals surface area contributed by atoms with Crippen LogP contribution in [0, 0.1) is 11.8 Å². The molecule has 1 aromatic heterocycles. The molecule has 27 heavy (non-hydrogen) atoms. The van der Waals surface area contributed by atoms with Crippen molar-refractivity contribution in [2.45, 2.75) is 25.8 Å². The van der Waals surface area contributed by atoms with Crippen molar-refractivity contribution in [3.05, 3.63) is 77.8 Å². The molecular formula is C22H24N2O3. The Morgan fingerprint density at radius 3 is 2.59 bits per heavy atom. The van der Waals surface area contributed by atoms with Crippen molar-refractivity contribution in [3.8, 4) is 0 Å². The molecule has 1 aromatic carbocycles. The molecule has 1 heterocycles. The molecule has 5 nitrogen and oxygen atoms in total. The van der Waals surface area contributed by atoms with Gasteiger partial charge in [-0.15, -0.1) is 0 Å². The van der Waals surface area contributed by atoms with Crippen molar-refractivity contribution in [1.82, 2.24) is 10.3 Å². The molecule has 0 unspecified atom stereocenters. The molecule has 0 spiro atoms. The van der Waals surface area contributed by atoms with Crippen LogP contribution in [0.1, 0.15) is 30.5 Å². The normalized spacial score (nSPS) is 22.5. The highest BCUT2D eigenvalue weighted by Crippen LogP contribution is 2.38. The molecular weight excluding hydrogens is 340 g/mol. The monoisotopic (exact) mass is 364 g/mol. The molecule has 1 amide bonds. The second kappa shape index (κ2) is 8.62. The minimum atomic E-state index is -0.458. The van der Waals surface area contributed by atoms with E-state index in [-0.39, 0.29) is 29.3 Å². The maximum Gasteiger partial charge on any atom is 0.227 e. The van der Waals surface area contributed by atoms with Gasteiger partial charge in [-0.25, -0.2) is 0 Å². The van der Waals surface area contributed by atoms with E-state index < -0.39 is 5.92 Å². The number of Topliss-reactive ketones (excluding diaryl/α,β-unsaturated/α-hetero) is 1. The minimum Gasteiger partial charge on any atom is -0.493 e. The zero-order chi connectivity index (χ0) is 19.2. The number of carbonyl (C=O) groups excluding carboxylic acids is 2. The Balaban J connectivity index is 1.84. The lowest BCUT2D eigenvalue weighted by Crippen LogP contribution is -2.34. The van der Waals surface area contributed by atoms with Crippen molar-refractivity contribution in [3.63, 3.8) is 0 Å². The van der Waals surface area contributed by atoms with Crippen molar-refractivity contribution in [1.29, 1.82) is 0 Å². The van der Waals surface area contributed by atoms with E-state index in [1.54, 1.807) is 12.3 Å². The first kappa shape index (κ1) is 18.8. The first-order chi connectivity index (χ1) is 13.1. The Labute approximate surface area is 159 Å². The van der Waals surface area contributed by atoms with Crippen LogP contribution in [0.5, 0.6) is 0 Å². The average molecular weight is 364 g/mol. The lowest BCUT2D eigenvalue weighted by atomic mass is 9.78. The van der Waals surface area contributed by atoms with E-state index in [9.17, 15) is 9.59 Å². The Morgan fingerprint density at radius 2 is 1.93 bits per heavy atom. The van der Waals surface area contributed by atoms with E-state index in [1.807, 2.05) is 55.5 Å². The van der Waals surface area contributed by atoms with Gasteiger partial charge in [-0.05, 0) is 35.6 Å². The van der Waals surface area contributed by atoms with Gasteiger partial charge < -0.3 is 10.1 Å². The summed E-state index contributed by atoms with van der Waals surface area (Å²) in [6.45, 7) is 2.37. The third kappa shape index (κ3) is 4.42. The lowest BCUT2D eigenvalue weighted by Gasteiger charge is -2.26. The van der Waals surface area contributed by atoms with E-state index in [1.165, 1.54) is 7.11 Å². The zero-order valence-corrected chi connectivity index (χ0v) is 15.6. The molecule has 0 radical (unpaired) electrons. The number of methoxy groups -OCH3 is 1. The molecule has 0 bridgehead atoms. The van der Waals surface area contributed by atoms with E-state index in [0.29, 0.717) is 13.0 Å². The highest BCUT2D eigenvalue weighted by atomic mass is 16.5. The van der Waals surface area contributed by atoms with Crippen LogP contribution in [-0.2, 0) is 20.9 Å². The summed E-state index contributed by atoms with van der Waals surface area (Å²) in [4.78, 5) is 29.7. The summed E-state index contributed by atoms with van der Waals surface area (Å²) in [6, 6.07) is 15.5. The standard InChI is InChI=1S/C22H24N2O3/c1-15-18(16-8-4-3-5-9-16)12-20(25)21(27-2)13-19(15)22(26)24-14-17-10-6-7-11-23-17/h3-11,13,15,18-19H,12,14H2,1-2H3,(H,24,26)/t15-,18+,19+/m1/s1. The van der Waals surface area contributed by atoms with Crippen molar-refractivity contribution in [2.75, 3.05) is 7.11 Å². The molecule has 2 aromatic rings. The summed E-state index contributed by atoms with van der Waals surface area (Å²) >= 11 is 0. The van der Waals surface area contributed by atoms with Crippen LogP contribution < -0.4 is 5.32 Å². The van der Waals surface area contributed by atoms with Crippen LogP contribution in [0.15, 0.2) is 66.6 Å². The summed E-state index contributed by atoms with van der Waals surface area (Å²) < 4.78 is 5.28. The third-order valence-electron chi connectivity index (χ3n) is 5.13. The molecule has 140 valence electrons. The maximum atomic E-state index is 12.9. The Hall–Kier alpha value is -2.95. The maximum absolute atomic E-state index is 12.9. The van der Waals surface area contributed by atoms with Gasteiger partial charge in [-0.1, -0.05) is 43.3 Å². The quantitative estimate of drug-likeness (QED) is 0.884. The number of pyridine rings is 1. The SMILES string of the molecule is COC1=C[C@H](C(=O)NCc2ccccn2)[C@H](C)[C@@H](c2ccccc2)CC1=O. The van der Waals surface area contributed by atoms with Crippen LogP contribution in [0.2, 0.25) is 0 Å². The Kier molecular flexibility index (Phi) is 6.01. The number of ketones is 1. The number of allylic oxidation sites excluding steroid dienone is 1. The van der Waals surface area contributed by atoms with Crippen molar-refractivity contribution < 1.29 is 14.3 Å². The number of carbonyl (C=O) groups is 2. The van der Waals surface area contributed by atoms with Gasteiger partial charge in [0.05, 0.1) is 25.3 Å². The predicted octanol–water partition coefficient (Wildman–Crippen LogP) is 3.24. The highest BCUT2D eigenvalue weighted by molar-refractivity contribution is 5.96. The number of nitrogens with zero attached hydrogens (tertiary/aromatic N) is 1. The number of benzene rings is 1. The van der Waals surface area contributed by atoms with Crippen molar-refractivity contribution >= 4 is 11.7 Å². The molecule has 0 saturated carbocycles. The molecule has 1 aliphatic carbocycles. The Bertz CT molecular complexity index is 818. The van der Waals surface area contributed by atoms with E-state index in [4.69, 9.17) is 4.74 Å². The number of ether oxygens (including phenoxy) is 1. The van der Waals surface area contributed by atoms with Crippen LogP contribution in [0.3, 0.4) is 0 Å². The summed E-state index contributed by atoms with van der Waals surface area (Å²) in [5.41, 5.74) is 1.85. The summed E-state index contributed by atoms with van der Waals surface area (Å²) in [5.74, 6) is -0.490. The fourth-order valence-electron chi connectivity index (χ4n) is 3.56. The molecule has 0 saturated heterocycles.